The van der Waals surface area contributed by atoms with Crippen LogP contribution < -0.4 is 10.5 Å². The van der Waals surface area contributed by atoms with Gasteiger partial charge < -0.3 is 15.2 Å². The van der Waals surface area contributed by atoms with Crippen LogP contribution in [-0.4, -0.2) is 19.8 Å². The third-order valence-electron chi connectivity index (χ3n) is 1.90. The van der Waals surface area contributed by atoms with E-state index in [1.54, 1.807) is 7.11 Å². The molecule has 0 saturated heterocycles. The Bertz CT molecular complexity index is 323. The van der Waals surface area contributed by atoms with Gasteiger partial charge in [0.1, 0.15) is 12.4 Å². The van der Waals surface area contributed by atoms with Crippen LogP contribution >= 0.6 is 15.9 Å². The van der Waals surface area contributed by atoms with E-state index in [4.69, 9.17) is 15.2 Å². The van der Waals surface area contributed by atoms with E-state index in [-0.39, 0.29) is 11.8 Å². The lowest BCUT2D eigenvalue weighted by Gasteiger charge is -2.14. The van der Waals surface area contributed by atoms with Crippen molar-refractivity contribution in [1.29, 1.82) is 0 Å². The zero-order valence-corrected chi connectivity index (χ0v) is 10.2. The molecular weight excluding hydrogens is 265 g/mol. The molecule has 0 saturated carbocycles. The van der Waals surface area contributed by atoms with Gasteiger partial charge in [0, 0.05) is 13.2 Å². The molecule has 0 amide bonds. The van der Waals surface area contributed by atoms with Gasteiger partial charge in [0.15, 0.2) is 5.75 Å². The zero-order valence-electron chi connectivity index (χ0n) is 8.59. The molecule has 15 heavy (non-hydrogen) atoms. The van der Waals surface area contributed by atoms with Crippen LogP contribution in [0, 0.1) is 5.82 Å². The summed E-state index contributed by atoms with van der Waals surface area (Å²) in [6.07, 6.45) is -0.0404. The molecular formula is C10H13BrFNO2. The minimum absolute atomic E-state index is 0.0404. The molecule has 0 aromatic heterocycles. The van der Waals surface area contributed by atoms with E-state index in [0.29, 0.717) is 16.8 Å². The van der Waals surface area contributed by atoms with Gasteiger partial charge in [0.25, 0.3) is 0 Å². The maximum atomic E-state index is 12.9. The van der Waals surface area contributed by atoms with Crippen LogP contribution in [0.3, 0.4) is 0 Å². The summed E-state index contributed by atoms with van der Waals surface area (Å²) in [4.78, 5) is 0. The average molecular weight is 278 g/mol. The molecule has 3 nitrogen and oxygen atoms in total. The molecule has 1 aromatic rings. The van der Waals surface area contributed by atoms with Gasteiger partial charge in [-0.3, -0.25) is 0 Å². The van der Waals surface area contributed by atoms with E-state index in [1.165, 1.54) is 12.1 Å². The van der Waals surface area contributed by atoms with Gasteiger partial charge in [-0.15, -0.1) is 0 Å². The number of halogens is 2. The summed E-state index contributed by atoms with van der Waals surface area (Å²) in [5.41, 5.74) is 5.88. The standard InChI is InChI=1S/C10H13BrFNO2/c1-6(14-2)5-15-10-8(11)3-7(12)4-9(10)13/h3-4,6H,5,13H2,1-2H3. The number of ether oxygens (including phenoxy) is 2. The number of anilines is 1. The molecule has 0 radical (unpaired) electrons. The third kappa shape index (κ3) is 3.35. The van der Waals surface area contributed by atoms with Gasteiger partial charge in [0.05, 0.1) is 16.3 Å². The van der Waals surface area contributed by atoms with Crippen molar-refractivity contribution in [2.45, 2.75) is 13.0 Å². The number of hydrogen-bond donors (Lipinski definition) is 1. The molecule has 0 spiro atoms. The van der Waals surface area contributed by atoms with Crippen molar-refractivity contribution in [1.82, 2.24) is 0 Å². The van der Waals surface area contributed by atoms with Gasteiger partial charge >= 0.3 is 0 Å². The zero-order chi connectivity index (χ0) is 11.4. The van der Waals surface area contributed by atoms with Crippen molar-refractivity contribution in [2.24, 2.45) is 0 Å². The fourth-order valence-electron chi connectivity index (χ4n) is 1.00. The number of nitrogen functional groups attached to an aromatic ring is 1. The summed E-state index contributed by atoms with van der Waals surface area (Å²) in [5.74, 6) is 0.0480. The van der Waals surface area contributed by atoms with Crippen LogP contribution in [0.4, 0.5) is 10.1 Å². The second kappa shape index (κ2) is 5.32. The minimum atomic E-state index is -0.397. The van der Waals surface area contributed by atoms with E-state index in [9.17, 15) is 4.39 Å². The first-order valence-electron chi connectivity index (χ1n) is 4.44. The molecule has 0 fully saturated rings. The molecule has 0 aliphatic carbocycles. The molecule has 1 rings (SSSR count). The van der Waals surface area contributed by atoms with Gasteiger partial charge in [-0.1, -0.05) is 0 Å². The maximum Gasteiger partial charge on any atom is 0.156 e. The van der Waals surface area contributed by atoms with Crippen molar-refractivity contribution < 1.29 is 13.9 Å². The Balaban J connectivity index is 2.77. The highest BCUT2D eigenvalue weighted by Gasteiger charge is 2.10. The Kier molecular flexibility index (Phi) is 4.35. The first-order valence-corrected chi connectivity index (χ1v) is 5.24. The highest BCUT2D eigenvalue weighted by atomic mass is 79.9. The summed E-state index contributed by atoms with van der Waals surface area (Å²) in [6, 6.07) is 2.53. The van der Waals surface area contributed by atoms with Gasteiger partial charge in [0.2, 0.25) is 0 Å². The van der Waals surface area contributed by atoms with Crippen molar-refractivity contribution in [3.8, 4) is 5.75 Å². The number of methoxy groups -OCH3 is 1. The molecule has 0 aliphatic rings. The van der Waals surface area contributed by atoms with E-state index in [2.05, 4.69) is 15.9 Å². The van der Waals surface area contributed by atoms with Gasteiger partial charge in [-0.2, -0.15) is 0 Å². The number of benzene rings is 1. The third-order valence-corrected chi connectivity index (χ3v) is 2.49. The van der Waals surface area contributed by atoms with Crippen LogP contribution in [0.5, 0.6) is 5.75 Å². The molecule has 1 unspecified atom stereocenters. The molecule has 0 heterocycles. The van der Waals surface area contributed by atoms with Crippen LogP contribution in [0.2, 0.25) is 0 Å². The fraction of sp³-hybridized carbons (Fsp3) is 0.400. The van der Waals surface area contributed by atoms with Crippen molar-refractivity contribution in [2.75, 3.05) is 19.5 Å². The Morgan fingerprint density at radius 1 is 1.53 bits per heavy atom. The topological polar surface area (TPSA) is 44.5 Å². The van der Waals surface area contributed by atoms with E-state index in [0.717, 1.165) is 0 Å². The lowest BCUT2D eigenvalue weighted by molar-refractivity contribution is 0.0716. The number of nitrogens with two attached hydrogens (primary N) is 1. The summed E-state index contributed by atoms with van der Waals surface area (Å²) < 4.78 is 23.8. The van der Waals surface area contributed by atoms with Crippen LogP contribution in [0.1, 0.15) is 6.92 Å². The molecule has 0 bridgehead atoms. The van der Waals surface area contributed by atoms with Crippen LogP contribution in [0.15, 0.2) is 16.6 Å². The molecule has 1 aromatic carbocycles. The summed E-state index contributed by atoms with van der Waals surface area (Å²) in [5, 5.41) is 0. The summed E-state index contributed by atoms with van der Waals surface area (Å²) in [6.45, 7) is 2.23. The first-order chi connectivity index (χ1) is 7.04. The summed E-state index contributed by atoms with van der Waals surface area (Å²) in [7, 11) is 1.59. The smallest absolute Gasteiger partial charge is 0.156 e. The minimum Gasteiger partial charge on any atom is -0.488 e. The second-order valence-electron chi connectivity index (χ2n) is 3.16. The Hall–Kier alpha value is -0.810. The quantitative estimate of drug-likeness (QED) is 0.861. The Morgan fingerprint density at radius 3 is 2.73 bits per heavy atom. The largest absolute Gasteiger partial charge is 0.488 e. The number of rotatable bonds is 4. The van der Waals surface area contributed by atoms with E-state index < -0.39 is 5.82 Å². The summed E-state index contributed by atoms with van der Waals surface area (Å²) >= 11 is 3.18. The van der Waals surface area contributed by atoms with Crippen LogP contribution in [-0.2, 0) is 4.74 Å². The van der Waals surface area contributed by atoms with Gasteiger partial charge in [-0.05, 0) is 28.9 Å². The highest BCUT2D eigenvalue weighted by molar-refractivity contribution is 9.10. The lowest BCUT2D eigenvalue weighted by atomic mass is 10.3. The van der Waals surface area contributed by atoms with Crippen molar-refractivity contribution in [3.05, 3.63) is 22.4 Å². The van der Waals surface area contributed by atoms with Crippen molar-refractivity contribution >= 4 is 21.6 Å². The van der Waals surface area contributed by atoms with Crippen LogP contribution in [0.25, 0.3) is 0 Å². The predicted octanol–water partition coefficient (Wildman–Crippen LogP) is 2.58. The van der Waals surface area contributed by atoms with Gasteiger partial charge in [-0.25, -0.2) is 4.39 Å². The second-order valence-corrected chi connectivity index (χ2v) is 4.02. The molecule has 5 heteroatoms. The van der Waals surface area contributed by atoms with E-state index >= 15 is 0 Å². The van der Waals surface area contributed by atoms with Crippen molar-refractivity contribution in [3.63, 3.8) is 0 Å². The molecule has 0 aliphatic heterocycles. The molecule has 1 atom stereocenters. The Morgan fingerprint density at radius 2 is 2.20 bits per heavy atom. The predicted molar refractivity (Wildman–Crippen MR) is 60.5 cm³/mol. The normalized spacial score (nSPS) is 12.5. The van der Waals surface area contributed by atoms with E-state index in [1.807, 2.05) is 6.92 Å². The fourth-order valence-corrected chi connectivity index (χ4v) is 1.56. The lowest BCUT2D eigenvalue weighted by Crippen LogP contribution is -2.16. The SMILES string of the molecule is COC(C)COc1c(N)cc(F)cc1Br. The maximum absolute atomic E-state index is 12.9. The average Bonchev–Trinajstić information content (AvgIpc) is 2.15. The Labute approximate surface area is 96.5 Å². The number of hydrogen-bond acceptors (Lipinski definition) is 3. The molecule has 2 N–H and O–H groups in total. The molecule has 84 valence electrons. The first kappa shape index (κ1) is 12.3. The highest BCUT2D eigenvalue weighted by Crippen LogP contribution is 2.32. The monoisotopic (exact) mass is 277 g/mol.